The maximum atomic E-state index is 12.8. The number of benzene rings is 2. The lowest BCUT2D eigenvalue weighted by molar-refractivity contribution is -0.121. The van der Waals surface area contributed by atoms with E-state index in [0.717, 1.165) is 22.7 Å². The first-order chi connectivity index (χ1) is 13.1. The van der Waals surface area contributed by atoms with Crippen molar-refractivity contribution in [2.24, 2.45) is 7.05 Å². The third kappa shape index (κ3) is 4.28. The monoisotopic (exact) mass is 365 g/mol. The normalized spacial score (nSPS) is 11.7. The number of carbonyl (C=O) groups excluding carboxylic acids is 1. The Kier molecular flexibility index (Phi) is 5.76. The summed E-state index contributed by atoms with van der Waals surface area (Å²) in [5, 5.41) is 3.10. The van der Waals surface area contributed by atoms with E-state index >= 15 is 0 Å². The number of carbonyl (C=O) groups is 1. The van der Waals surface area contributed by atoms with Crippen molar-refractivity contribution in [3.05, 3.63) is 77.9 Å². The van der Waals surface area contributed by atoms with Gasteiger partial charge in [-0.25, -0.2) is 4.98 Å². The first-order valence-corrected chi connectivity index (χ1v) is 8.64. The number of methoxy groups -OCH3 is 2. The zero-order valence-electron chi connectivity index (χ0n) is 15.7. The van der Waals surface area contributed by atoms with Crippen molar-refractivity contribution in [3.8, 4) is 11.5 Å². The number of amides is 1. The Morgan fingerprint density at radius 2 is 1.85 bits per heavy atom. The van der Waals surface area contributed by atoms with Gasteiger partial charge in [0.25, 0.3) is 0 Å². The molecule has 6 heteroatoms. The number of nitrogens with zero attached hydrogens (tertiary/aromatic N) is 2. The minimum Gasteiger partial charge on any atom is -0.497 e. The minimum absolute atomic E-state index is 0.108. The lowest BCUT2D eigenvalue weighted by Crippen LogP contribution is -2.32. The summed E-state index contributed by atoms with van der Waals surface area (Å²) in [5.74, 6) is 2.11. The second-order valence-electron chi connectivity index (χ2n) is 6.16. The molecule has 1 heterocycles. The van der Waals surface area contributed by atoms with Gasteiger partial charge in [-0.15, -0.1) is 0 Å². The van der Waals surface area contributed by atoms with Gasteiger partial charge in [0.05, 0.1) is 20.6 Å². The van der Waals surface area contributed by atoms with Gasteiger partial charge in [-0.1, -0.05) is 30.3 Å². The molecule has 140 valence electrons. The molecule has 1 amide bonds. The number of nitrogens with one attached hydrogen (secondary N) is 1. The fourth-order valence-electron chi connectivity index (χ4n) is 2.98. The predicted molar refractivity (Wildman–Crippen MR) is 103 cm³/mol. The van der Waals surface area contributed by atoms with Gasteiger partial charge in [0.15, 0.2) is 0 Å². The van der Waals surface area contributed by atoms with Gasteiger partial charge >= 0.3 is 0 Å². The summed E-state index contributed by atoms with van der Waals surface area (Å²) >= 11 is 0. The van der Waals surface area contributed by atoms with E-state index in [1.807, 2.05) is 66.3 Å². The van der Waals surface area contributed by atoms with Crippen molar-refractivity contribution in [1.29, 1.82) is 0 Å². The fraction of sp³-hybridized carbons (Fsp3) is 0.238. The van der Waals surface area contributed by atoms with Crippen LogP contribution in [0.5, 0.6) is 11.5 Å². The Morgan fingerprint density at radius 3 is 2.48 bits per heavy atom. The Morgan fingerprint density at radius 1 is 1.11 bits per heavy atom. The molecule has 0 aliphatic rings. The maximum Gasteiger partial charge on any atom is 0.225 e. The number of aryl methyl sites for hydroxylation is 1. The molecule has 0 radical (unpaired) electrons. The SMILES string of the molecule is COc1ccc([C@@H](NC(=O)Cc2ccccc2OC)c2nccn2C)cc1. The van der Waals surface area contributed by atoms with Crippen LogP contribution in [-0.2, 0) is 18.3 Å². The van der Waals surface area contributed by atoms with Gasteiger partial charge in [-0.2, -0.15) is 0 Å². The first-order valence-electron chi connectivity index (χ1n) is 8.64. The van der Waals surface area contributed by atoms with E-state index in [1.165, 1.54) is 0 Å². The molecule has 0 saturated carbocycles. The Hall–Kier alpha value is -3.28. The van der Waals surface area contributed by atoms with E-state index in [1.54, 1.807) is 20.4 Å². The first kappa shape index (κ1) is 18.5. The molecule has 0 bridgehead atoms. The molecule has 0 spiro atoms. The van der Waals surface area contributed by atoms with Crippen LogP contribution in [0.2, 0.25) is 0 Å². The van der Waals surface area contributed by atoms with E-state index in [4.69, 9.17) is 9.47 Å². The Bertz CT molecular complexity index is 903. The highest BCUT2D eigenvalue weighted by Crippen LogP contribution is 2.24. The number of hydrogen-bond donors (Lipinski definition) is 1. The lowest BCUT2D eigenvalue weighted by atomic mass is 10.0. The van der Waals surface area contributed by atoms with E-state index in [9.17, 15) is 4.79 Å². The molecule has 1 atom stereocenters. The lowest BCUT2D eigenvalue weighted by Gasteiger charge is -2.20. The molecule has 6 nitrogen and oxygen atoms in total. The van der Waals surface area contributed by atoms with Crippen molar-refractivity contribution >= 4 is 5.91 Å². The summed E-state index contributed by atoms with van der Waals surface area (Å²) < 4.78 is 12.5. The number of hydrogen-bond acceptors (Lipinski definition) is 4. The molecule has 0 unspecified atom stereocenters. The third-order valence-corrected chi connectivity index (χ3v) is 4.41. The van der Waals surface area contributed by atoms with Crippen LogP contribution in [0.15, 0.2) is 60.9 Å². The fourth-order valence-corrected chi connectivity index (χ4v) is 2.98. The highest BCUT2D eigenvalue weighted by Gasteiger charge is 2.21. The summed E-state index contributed by atoms with van der Waals surface area (Å²) in [6, 6.07) is 14.8. The van der Waals surface area contributed by atoms with Gasteiger partial charge in [-0.05, 0) is 23.8 Å². The van der Waals surface area contributed by atoms with E-state index in [-0.39, 0.29) is 18.4 Å². The Balaban J connectivity index is 1.85. The van der Waals surface area contributed by atoms with Gasteiger partial charge in [0, 0.05) is 25.0 Å². The molecular formula is C21H23N3O3. The molecular weight excluding hydrogens is 342 g/mol. The molecule has 0 aliphatic heterocycles. The largest absolute Gasteiger partial charge is 0.497 e. The number of ether oxygens (including phenoxy) is 2. The Labute approximate surface area is 158 Å². The number of imidazole rings is 1. The number of para-hydroxylation sites is 1. The van der Waals surface area contributed by atoms with Crippen LogP contribution in [0.4, 0.5) is 0 Å². The summed E-state index contributed by atoms with van der Waals surface area (Å²) in [4.78, 5) is 17.2. The third-order valence-electron chi connectivity index (χ3n) is 4.41. The second kappa shape index (κ2) is 8.40. The highest BCUT2D eigenvalue weighted by molar-refractivity contribution is 5.80. The molecule has 1 N–H and O–H groups in total. The summed E-state index contributed by atoms with van der Waals surface area (Å²) in [5.41, 5.74) is 1.77. The van der Waals surface area contributed by atoms with Crippen molar-refractivity contribution in [2.45, 2.75) is 12.5 Å². The smallest absolute Gasteiger partial charge is 0.225 e. The summed E-state index contributed by atoms with van der Waals surface area (Å²) in [6.07, 6.45) is 3.80. The summed E-state index contributed by atoms with van der Waals surface area (Å²) in [6.45, 7) is 0. The highest BCUT2D eigenvalue weighted by atomic mass is 16.5. The van der Waals surface area contributed by atoms with Crippen LogP contribution in [0.25, 0.3) is 0 Å². The van der Waals surface area contributed by atoms with E-state index in [0.29, 0.717) is 5.75 Å². The average molecular weight is 365 g/mol. The minimum atomic E-state index is -0.363. The molecule has 1 aromatic heterocycles. The predicted octanol–water partition coefficient (Wildman–Crippen LogP) is 2.89. The molecule has 0 fully saturated rings. The van der Waals surface area contributed by atoms with Crippen LogP contribution in [0, 0.1) is 0 Å². The molecule has 0 aliphatic carbocycles. The zero-order chi connectivity index (χ0) is 19.2. The molecule has 3 rings (SSSR count). The molecule has 3 aromatic rings. The van der Waals surface area contributed by atoms with Crippen molar-refractivity contribution in [2.75, 3.05) is 14.2 Å². The van der Waals surface area contributed by atoms with Crippen LogP contribution in [-0.4, -0.2) is 29.7 Å². The van der Waals surface area contributed by atoms with Crippen molar-refractivity contribution in [1.82, 2.24) is 14.9 Å². The molecule has 0 saturated heterocycles. The van der Waals surface area contributed by atoms with Crippen LogP contribution >= 0.6 is 0 Å². The maximum absolute atomic E-state index is 12.8. The van der Waals surface area contributed by atoms with Gasteiger partial charge in [0.1, 0.15) is 23.4 Å². The van der Waals surface area contributed by atoms with E-state index in [2.05, 4.69) is 10.3 Å². The average Bonchev–Trinajstić information content (AvgIpc) is 3.12. The van der Waals surface area contributed by atoms with E-state index < -0.39 is 0 Å². The molecule has 2 aromatic carbocycles. The van der Waals surface area contributed by atoms with Crippen LogP contribution in [0.3, 0.4) is 0 Å². The standard InChI is InChI=1S/C21H23N3O3/c1-24-13-12-22-21(24)20(15-8-10-17(26-2)11-9-15)23-19(25)14-16-6-4-5-7-18(16)27-3/h4-13,20H,14H2,1-3H3,(H,23,25)/t20-/m1/s1. The number of aromatic nitrogens is 2. The molecule has 27 heavy (non-hydrogen) atoms. The van der Waals surface area contributed by atoms with Crippen molar-refractivity contribution in [3.63, 3.8) is 0 Å². The van der Waals surface area contributed by atoms with Gasteiger partial charge < -0.3 is 19.4 Å². The number of rotatable bonds is 7. The van der Waals surface area contributed by atoms with Crippen LogP contribution in [0.1, 0.15) is 23.0 Å². The van der Waals surface area contributed by atoms with Gasteiger partial charge in [0.2, 0.25) is 5.91 Å². The zero-order valence-corrected chi connectivity index (χ0v) is 15.7. The summed E-state index contributed by atoms with van der Waals surface area (Å²) in [7, 11) is 5.14. The van der Waals surface area contributed by atoms with Crippen LogP contribution < -0.4 is 14.8 Å². The van der Waals surface area contributed by atoms with Gasteiger partial charge in [-0.3, -0.25) is 4.79 Å². The quantitative estimate of drug-likeness (QED) is 0.699. The second-order valence-corrected chi connectivity index (χ2v) is 6.16. The topological polar surface area (TPSA) is 65.4 Å². The van der Waals surface area contributed by atoms with Crippen molar-refractivity contribution < 1.29 is 14.3 Å².